The van der Waals surface area contributed by atoms with E-state index < -0.39 is 10.8 Å². The fourth-order valence-electron chi connectivity index (χ4n) is 3.02. The van der Waals surface area contributed by atoms with Crippen molar-refractivity contribution in [1.82, 2.24) is 0 Å². The van der Waals surface area contributed by atoms with Crippen LogP contribution >= 0.6 is 15.9 Å². The first-order valence-electron chi connectivity index (χ1n) is 9.72. The summed E-state index contributed by atoms with van der Waals surface area (Å²) in [7, 11) is 0. The van der Waals surface area contributed by atoms with Crippen LogP contribution in [0.2, 0.25) is 0 Å². The Balaban J connectivity index is 1.40. The van der Waals surface area contributed by atoms with E-state index in [0.29, 0.717) is 28.3 Å². The first-order chi connectivity index (χ1) is 15.9. The Morgan fingerprint density at radius 3 is 2.09 bits per heavy atom. The van der Waals surface area contributed by atoms with Gasteiger partial charge < -0.3 is 15.1 Å². The number of hydrogen-bond donors (Lipinski definition) is 2. The summed E-state index contributed by atoms with van der Waals surface area (Å²) in [6, 6.07) is 22.7. The minimum absolute atomic E-state index is 0.0594. The zero-order chi connectivity index (χ0) is 23.4. The molecule has 164 valence electrons. The molecule has 0 aliphatic carbocycles. The number of nitro groups is 1. The molecule has 33 heavy (non-hydrogen) atoms. The molecule has 4 aromatic rings. The predicted octanol–water partition coefficient (Wildman–Crippen LogP) is 6.12. The normalized spacial score (nSPS) is 10.5. The van der Waals surface area contributed by atoms with Gasteiger partial charge in [-0.15, -0.1) is 0 Å². The van der Waals surface area contributed by atoms with Crippen molar-refractivity contribution in [3.8, 4) is 11.3 Å². The van der Waals surface area contributed by atoms with E-state index in [0.717, 1.165) is 4.47 Å². The van der Waals surface area contributed by atoms with Crippen LogP contribution in [0.5, 0.6) is 0 Å². The molecule has 9 heteroatoms. The molecule has 1 heterocycles. The van der Waals surface area contributed by atoms with Crippen LogP contribution in [0.1, 0.15) is 20.9 Å². The largest absolute Gasteiger partial charge is 0.451 e. The van der Waals surface area contributed by atoms with Crippen molar-refractivity contribution in [2.75, 3.05) is 10.6 Å². The third kappa shape index (κ3) is 5.34. The number of non-ortho nitro benzene ring substituents is 1. The first kappa shape index (κ1) is 22.0. The fourth-order valence-corrected chi connectivity index (χ4v) is 3.29. The standard InChI is InChI=1S/C24H16BrN3O5/c25-17-6-4-15(5-7-17)23(29)26-18-8-10-19(11-9-18)27-24(30)22-13-12-21(33-22)16-2-1-3-20(14-16)28(31)32/h1-14H,(H,26,29)(H,27,30). The molecular formula is C24H16BrN3O5. The van der Waals surface area contributed by atoms with E-state index in [2.05, 4.69) is 26.6 Å². The Hall–Kier alpha value is -4.24. The van der Waals surface area contributed by atoms with Crippen molar-refractivity contribution < 1.29 is 18.9 Å². The highest BCUT2D eigenvalue weighted by atomic mass is 79.9. The maximum Gasteiger partial charge on any atom is 0.291 e. The predicted molar refractivity (Wildman–Crippen MR) is 127 cm³/mol. The Morgan fingerprint density at radius 1 is 0.818 bits per heavy atom. The van der Waals surface area contributed by atoms with E-state index in [1.54, 1.807) is 66.7 Å². The molecule has 0 unspecified atom stereocenters. The quantitative estimate of drug-likeness (QED) is 0.242. The van der Waals surface area contributed by atoms with Gasteiger partial charge in [0, 0.05) is 39.1 Å². The van der Waals surface area contributed by atoms with Crippen LogP contribution in [0, 0.1) is 10.1 Å². The number of amides is 2. The van der Waals surface area contributed by atoms with Gasteiger partial charge in [-0.05, 0) is 60.7 Å². The second-order valence-corrected chi connectivity index (χ2v) is 7.88. The number of anilines is 2. The van der Waals surface area contributed by atoms with Gasteiger partial charge in [0.1, 0.15) is 5.76 Å². The third-order valence-electron chi connectivity index (χ3n) is 4.68. The molecule has 0 fully saturated rings. The Kier molecular flexibility index (Phi) is 6.32. The van der Waals surface area contributed by atoms with Gasteiger partial charge in [-0.25, -0.2) is 0 Å². The zero-order valence-electron chi connectivity index (χ0n) is 16.9. The maximum absolute atomic E-state index is 12.5. The molecule has 0 radical (unpaired) electrons. The lowest BCUT2D eigenvalue weighted by molar-refractivity contribution is -0.384. The average molecular weight is 506 g/mol. The van der Waals surface area contributed by atoms with Crippen LogP contribution in [-0.4, -0.2) is 16.7 Å². The highest BCUT2D eigenvalue weighted by molar-refractivity contribution is 9.10. The smallest absolute Gasteiger partial charge is 0.291 e. The fraction of sp³-hybridized carbons (Fsp3) is 0. The molecule has 8 nitrogen and oxygen atoms in total. The van der Waals surface area contributed by atoms with Crippen molar-refractivity contribution in [2.45, 2.75) is 0 Å². The van der Waals surface area contributed by atoms with Crippen LogP contribution in [0.3, 0.4) is 0 Å². The SMILES string of the molecule is O=C(Nc1ccc(NC(=O)c2ccc(-c3cccc([N+](=O)[O-])c3)o2)cc1)c1ccc(Br)cc1. The molecule has 3 aromatic carbocycles. The van der Waals surface area contributed by atoms with Crippen LogP contribution in [0.25, 0.3) is 11.3 Å². The number of carbonyl (C=O) groups is 2. The molecule has 0 spiro atoms. The van der Waals surface area contributed by atoms with Crippen molar-refractivity contribution in [2.24, 2.45) is 0 Å². The summed E-state index contributed by atoms with van der Waals surface area (Å²) in [4.78, 5) is 35.3. The second kappa shape index (κ2) is 9.49. The minimum Gasteiger partial charge on any atom is -0.451 e. The van der Waals surface area contributed by atoms with Gasteiger partial charge >= 0.3 is 0 Å². The van der Waals surface area contributed by atoms with E-state index in [4.69, 9.17) is 4.42 Å². The first-order valence-corrected chi connectivity index (χ1v) is 10.5. The van der Waals surface area contributed by atoms with Gasteiger partial charge in [-0.1, -0.05) is 28.1 Å². The highest BCUT2D eigenvalue weighted by Gasteiger charge is 2.15. The second-order valence-electron chi connectivity index (χ2n) is 6.96. The topological polar surface area (TPSA) is 114 Å². The summed E-state index contributed by atoms with van der Waals surface area (Å²) in [5.74, 6) is -0.319. The number of nitrogens with one attached hydrogen (secondary N) is 2. The van der Waals surface area contributed by atoms with Crippen molar-refractivity contribution in [3.05, 3.63) is 111 Å². The molecule has 0 bridgehead atoms. The minimum atomic E-state index is -0.495. The lowest BCUT2D eigenvalue weighted by atomic mass is 10.1. The van der Waals surface area contributed by atoms with Crippen LogP contribution in [0.4, 0.5) is 17.1 Å². The van der Waals surface area contributed by atoms with Crippen LogP contribution < -0.4 is 10.6 Å². The zero-order valence-corrected chi connectivity index (χ0v) is 18.5. The molecule has 1 aromatic heterocycles. The summed E-state index contributed by atoms with van der Waals surface area (Å²) >= 11 is 3.33. The summed E-state index contributed by atoms with van der Waals surface area (Å²) in [6.45, 7) is 0. The highest BCUT2D eigenvalue weighted by Crippen LogP contribution is 2.26. The van der Waals surface area contributed by atoms with Gasteiger partial charge in [0.15, 0.2) is 5.76 Å². The molecule has 0 aliphatic heterocycles. The summed E-state index contributed by atoms with van der Waals surface area (Å²) in [5.41, 5.74) is 2.03. The van der Waals surface area contributed by atoms with E-state index >= 15 is 0 Å². The lowest BCUT2D eigenvalue weighted by Crippen LogP contribution is -2.12. The van der Waals surface area contributed by atoms with Gasteiger partial charge in [-0.2, -0.15) is 0 Å². The number of hydrogen-bond acceptors (Lipinski definition) is 5. The van der Waals surface area contributed by atoms with E-state index in [1.807, 2.05) is 0 Å². The Morgan fingerprint density at radius 2 is 1.45 bits per heavy atom. The van der Waals surface area contributed by atoms with Crippen molar-refractivity contribution in [1.29, 1.82) is 0 Å². The summed E-state index contributed by atoms with van der Waals surface area (Å²) in [6.07, 6.45) is 0. The molecule has 4 rings (SSSR count). The number of rotatable bonds is 6. The van der Waals surface area contributed by atoms with E-state index in [9.17, 15) is 19.7 Å². The molecule has 0 saturated heterocycles. The monoisotopic (exact) mass is 505 g/mol. The van der Waals surface area contributed by atoms with E-state index in [1.165, 1.54) is 18.2 Å². The van der Waals surface area contributed by atoms with E-state index in [-0.39, 0.29) is 17.4 Å². The van der Waals surface area contributed by atoms with Crippen molar-refractivity contribution >= 4 is 44.8 Å². The number of nitro benzene ring substituents is 1. The number of furan rings is 1. The number of benzene rings is 3. The Bertz CT molecular complexity index is 1330. The molecular weight excluding hydrogens is 490 g/mol. The Labute approximate surface area is 196 Å². The van der Waals surface area contributed by atoms with Gasteiger partial charge in [0.2, 0.25) is 0 Å². The number of nitrogens with zero attached hydrogens (tertiary/aromatic N) is 1. The van der Waals surface area contributed by atoms with Gasteiger partial charge in [0.05, 0.1) is 4.92 Å². The van der Waals surface area contributed by atoms with Crippen LogP contribution in [-0.2, 0) is 0 Å². The third-order valence-corrected chi connectivity index (χ3v) is 5.21. The van der Waals surface area contributed by atoms with Crippen molar-refractivity contribution in [3.63, 3.8) is 0 Å². The maximum atomic E-state index is 12.5. The molecule has 0 saturated carbocycles. The summed E-state index contributed by atoms with van der Waals surface area (Å²) < 4.78 is 6.46. The molecule has 2 amide bonds. The summed E-state index contributed by atoms with van der Waals surface area (Å²) in [5, 5.41) is 16.5. The number of halogens is 1. The van der Waals surface area contributed by atoms with Crippen LogP contribution in [0.15, 0.2) is 93.8 Å². The number of carbonyl (C=O) groups excluding carboxylic acids is 2. The molecule has 0 atom stereocenters. The average Bonchev–Trinajstić information content (AvgIpc) is 3.31. The molecule has 0 aliphatic rings. The molecule has 2 N–H and O–H groups in total. The van der Waals surface area contributed by atoms with Gasteiger partial charge in [0.25, 0.3) is 17.5 Å². The van der Waals surface area contributed by atoms with Gasteiger partial charge in [-0.3, -0.25) is 19.7 Å². The lowest BCUT2D eigenvalue weighted by Gasteiger charge is -2.07.